The van der Waals surface area contributed by atoms with E-state index in [0.717, 1.165) is 38.2 Å². The van der Waals surface area contributed by atoms with E-state index in [0.29, 0.717) is 11.7 Å². The average molecular weight is 323 g/mol. The van der Waals surface area contributed by atoms with E-state index in [2.05, 4.69) is 22.0 Å². The molecule has 0 spiro atoms. The van der Waals surface area contributed by atoms with Crippen molar-refractivity contribution in [1.29, 1.82) is 0 Å². The zero-order valence-electron chi connectivity index (χ0n) is 12.9. The van der Waals surface area contributed by atoms with Gasteiger partial charge in [-0.1, -0.05) is 42.4 Å². The third kappa shape index (κ3) is 3.85. The van der Waals surface area contributed by atoms with Gasteiger partial charge in [0.15, 0.2) is 0 Å². The van der Waals surface area contributed by atoms with E-state index in [-0.39, 0.29) is 17.8 Å². The molecule has 6 heteroatoms. The molecule has 5 nitrogen and oxygen atoms in total. The van der Waals surface area contributed by atoms with Crippen LogP contribution in [0.3, 0.4) is 0 Å². The van der Waals surface area contributed by atoms with Crippen LogP contribution in [-0.2, 0) is 6.42 Å². The highest BCUT2D eigenvalue weighted by Crippen LogP contribution is 2.28. The van der Waals surface area contributed by atoms with Crippen molar-refractivity contribution in [2.45, 2.75) is 19.8 Å². The molecule has 1 aliphatic heterocycles. The van der Waals surface area contributed by atoms with Crippen LogP contribution < -0.4 is 5.73 Å². The summed E-state index contributed by atoms with van der Waals surface area (Å²) < 4.78 is 5.34. The number of halogens is 1. The van der Waals surface area contributed by atoms with Crippen LogP contribution in [0, 0.1) is 5.41 Å². The average Bonchev–Trinajstić information content (AvgIpc) is 3.14. The van der Waals surface area contributed by atoms with Crippen LogP contribution in [0.15, 0.2) is 34.9 Å². The van der Waals surface area contributed by atoms with E-state index >= 15 is 0 Å². The number of nitrogens with zero attached hydrogens (tertiary/aromatic N) is 3. The number of rotatable bonds is 5. The molecule has 22 heavy (non-hydrogen) atoms. The Bertz CT molecular complexity index is 589. The van der Waals surface area contributed by atoms with Crippen molar-refractivity contribution in [2.75, 3.05) is 26.2 Å². The first-order chi connectivity index (χ1) is 10.2. The second-order valence-electron chi connectivity index (χ2n) is 6.17. The van der Waals surface area contributed by atoms with Gasteiger partial charge in [-0.05, 0) is 24.9 Å². The van der Waals surface area contributed by atoms with Gasteiger partial charge in [0.05, 0.1) is 0 Å². The van der Waals surface area contributed by atoms with Gasteiger partial charge in [0.1, 0.15) is 0 Å². The summed E-state index contributed by atoms with van der Waals surface area (Å²) in [6.45, 7) is 6.12. The summed E-state index contributed by atoms with van der Waals surface area (Å²) >= 11 is 0. The lowest BCUT2D eigenvalue weighted by Crippen LogP contribution is -2.32. The summed E-state index contributed by atoms with van der Waals surface area (Å²) in [5, 5.41) is 4.05. The molecule has 1 unspecified atom stereocenters. The lowest BCUT2D eigenvalue weighted by Gasteiger charge is -2.22. The Balaban J connectivity index is 0.00000176. The molecule has 0 radical (unpaired) electrons. The quantitative estimate of drug-likeness (QED) is 0.915. The molecule has 1 aromatic heterocycles. The molecule has 0 aliphatic carbocycles. The van der Waals surface area contributed by atoms with Crippen LogP contribution in [0.1, 0.15) is 19.2 Å². The minimum absolute atomic E-state index is 0. The Morgan fingerprint density at radius 1 is 1.32 bits per heavy atom. The Morgan fingerprint density at radius 3 is 2.77 bits per heavy atom. The third-order valence-electron chi connectivity index (χ3n) is 4.27. The number of hydrogen-bond donors (Lipinski definition) is 1. The molecule has 120 valence electrons. The van der Waals surface area contributed by atoms with Gasteiger partial charge in [-0.3, -0.25) is 0 Å². The lowest BCUT2D eigenvalue weighted by molar-refractivity contribution is 0.271. The molecule has 2 N–H and O–H groups in total. The van der Waals surface area contributed by atoms with Gasteiger partial charge >= 0.3 is 0 Å². The van der Waals surface area contributed by atoms with Gasteiger partial charge in [0, 0.05) is 25.1 Å². The smallest absolute Gasteiger partial charge is 0.228 e. The molecule has 1 aliphatic rings. The molecule has 1 fully saturated rings. The van der Waals surface area contributed by atoms with E-state index in [1.807, 2.05) is 30.3 Å². The number of hydrogen-bond acceptors (Lipinski definition) is 5. The maximum absolute atomic E-state index is 5.84. The fourth-order valence-electron chi connectivity index (χ4n) is 2.80. The molecular formula is C16H23ClN4O. The Kier molecular flexibility index (Phi) is 5.56. The summed E-state index contributed by atoms with van der Waals surface area (Å²) in [6, 6.07) is 9.91. The molecule has 1 saturated heterocycles. The van der Waals surface area contributed by atoms with E-state index < -0.39 is 0 Å². The van der Waals surface area contributed by atoms with Crippen LogP contribution >= 0.6 is 12.4 Å². The molecule has 2 heterocycles. The Labute approximate surface area is 137 Å². The van der Waals surface area contributed by atoms with Crippen LogP contribution in [0.25, 0.3) is 11.4 Å². The van der Waals surface area contributed by atoms with Crippen molar-refractivity contribution in [3.05, 3.63) is 36.2 Å². The van der Waals surface area contributed by atoms with Crippen molar-refractivity contribution in [2.24, 2.45) is 11.1 Å². The molecule has 0 bridgehead atoms. The molecule has 0 amide bonds. The molecule has 1 aromatic carbocycles. The van der Waals surface area contributed by atoms with Crippen LogP contribution in [0.4, 0.5) is 0 Å². The van der Waals surface area contributed by atoms with E-state index in [1.54, 1.807) is 0 Å². The maximum Gasteiger partial charge on any atom is 0.228 e. The summed E-state index contributed by atoms with van der Waals surface area (Å²) in [5.74, 6) is 1.37. The predicted molar refractivity (Wildman–Crippen MR) is 88.9 cm³/mol. The normalized spacial score (nSPS) is 21.7. The monoisotopic (exact) mass is 322 g/mol. The van der Waals surface area contributed by atoms with E-state index in [4.69, 9.17) is 10.3 Å². The topological polar surface area (TPSA) is 68.2 Å². The Hall–Kier alpha value is -1.43. The summed E-state index contributed by atoms with van der Waals surface area (Å²) in [7, 11) is 0. The van der Waals surface area contributed by atoms with Crippen LogP contribution in [-0.4, -0.2) is 41.2 Å². The first-order valence-electron chi connectivity index (χ1n) is 7.49. The van der Waals surface area contributed by atoms with Gasteiger partial charge in [-0.25, -0.2) is 0 Å². The third-order valence-corrected chi connectivity index (χ3v) is 4.27. The largest absolute Gasteiger partial charge is 0.339 e. The lowest BCUT2D eigenvalue weighted by atomic mass is 9.90. The zero-order chi connectivity index (χ0) is 14.7. The van der Waals surface area contributed by atoms with E-state index in [9.17, 15) is 0 Å². The number of benzene rings is 1. The first kappa shape index (κ1) is 16.9. The maximum atomic E-state index is 5.84. The number of aromatic nitrogens is 2. The molecule has 3 rings (SSSR count). The van der Waals surface area contributed by atoms with Crippen LogP contribution in [0.5, 0.6) is 0 Å². The highest BCUT2D eigenvalue weighted by Gasteiger charge is 2.32. The standard InChI is InChI=1S/C16H22N4O.ClH/c1-16(11-17)8-10-20(12-16)9-7-14-18-15(19-21-14)13-5-3-2-4-6-13;/h2-6H,7-12,17H2,1H3;1H. The van der Waals surface area contributed by atoms with Crippen molar-refractivity contribution in [1.82, 2.24) is 15.0 Å². The second-order valence-corrected chi connectivity index (χ2v) is 6.17. The SMILES string of the molecule is CC1(CN)CCN(CCc2nc(-c3ccccc3)no2)C1.Cl. The fourth-order valence-corrected chi connectivity index (χ4v) is 2.80. The van der Waals surface area contributed by atoms with Gasteiger partial charge in [-0.15, -0.1) is 12.4 Å². The van der Waals surface area contributed by atoms with Crippen molar-refractivity contribution in [3.63, 3.8) is 0 Å². The number of likely N-dealkylation sites (tertiary alicyclic amines) is 1. The van der Waals surface area contributed by atoms with Crippen molar-refractivity contribution >= 4 is 12.4 Å². The van der Waals surface area contributed by atoms with Gasteiger partial charge in [0.2, 0.25) is 11.7 Å². The van der Waals surface area contributed by atoms with Crippen molar-refractivity contribution < 1.29 is 4.52 Å². The molecule has 2 aromatic rings. The summed E-state index contributed by atoms with van der Waals surface area (Å²) in [6.07, 6.45) is 1.96. The Morgan fingerprint density at radius 2 is 2.09 bits per heavy atom. The highest BCUT2D eigenvalue weighted by molar-refractivity contribution is 5.85. The predicted octanol–water partition coefficient (Wildman–Crippen LogP) is 2.37. The van der Waals surface area contributed by atoms with E-state index in [1.165, 1.54) is 6.42 Å². The minimum atomic E-state index is 0. The first-order valence-corrected chi connectivity index (χ1v) is 7.49. The second kappa shape index (κ2) is 7.22. The zero-order valence-corrected chi connectivity index (χ0v) is 13.7. The van der Waals surface area contributed by atoms with Gasteiger partial charge in [0.25, 0.3) is 0 Å². The highest BCUT2D eigenvalue weighted by atomic mass is 35.5. The molecule has 0 saturated carbocycles. The van der Waals surface area contributed by atoms with Crippen molar-refractivity contribution in [3.8, 4) is 11.4 Å². The fraction of sp³-hybridized carbons (Fsp3) is 0.500. The molecule has 1 atom stereocenters. The summed E-state index contributed by atoms with van der Waals surface area (Å²) in [5.41, 5.74) is 7.10. The molecular weight excluding hydrogens is 300 g/mol. The minimum Gasteiger partial charge on any atom is -0.339 e. The van der Waals surface area contributed by atoms with Gasteiger partial charge in [-0.2, -0.15) is 4.98 Å². The summed E-state index contributed by atoms with van der Waals surface area (Å²) in [4.78, 5) is 6.90. The van der Waals surface area contributed by atoms with Gasteiger partial charge < -0.3 is 15.2 Å². The van der Waals surface area contributed by atoms with Crippen LogP contribution in [0.2, 0.25) is 0 Å². The number of nitrogens with two attached hydrogens (primary N) is 1.